The fourth-order valence-corrected chi connectivity index (χ4v) is 4.52. The van der Waals surface area contributed by atoms with Gasteiger partial charge in [-0.05, 0) is 23.8 Å². The second-order valence-corrected chi connectivity index (χ2v) is 9.12. The van der Waals surface area contributed by atoms with Gasteiger partial charge in [0.05, 0.1) is 28.1 Å². The lowest BCUT2D eigenvalue weighted by Gasteiger charge is -2.05. The summed E-state index contributed by atoms with van der Waals surface area (Å²) in [5.74, 6) is -0.248. The van der Waals surface area contributed by atoms with Crippen LogP contribution < -0.4 is 4.80 Å². The number of amides is 1. The number of methoxy groups -OCH3 is 1. The number of fused-ring (bicyclic) bond motifs is 1. The van der Waals surface area contributed by atoms with Crippen molar-refractivity contribution in [2.75, 3.05) is 20.0 Å². The summed E-state index contributed by atoms with van der Waals surface area (Å²) in [5, 5.41) is 0. The summed E-state index contributed by atoms with van der Waals surface area (Å²) in [4.78, 5) is 17.5. The lowest BCUT2D eigenvalue weighted by Crippen LogP contribution is -2.19. The molecule has 0 aliphatic carbocycles. The van der Waals surface area contributed by atoms with Gasteiger partial charge in [-0.2, -0.15) is 4.99 Å². The Labute approximate surface area is 161 Å². The minimum absolute atomic E-state index is 0.216. The predicted octanol–water partition coefficient (Wildman–Crippen LogP) is 2.42. The van der Waals surface area contributed by atoms with Crippen molar-refractivity contribution in [3.05, 3.63) is 58.9 Å². The number of ether oxygens (including phenoxy) is 1. The maximum atomic E-state index is 12.4. The Morgan fingerprint density at radius 1 is 1.19 bits per heavy atom. The summed E-state index contributed by atoms with van der Waals surface area (Å²) in [6.07, 6.45) is 1.39. The van der Waals surface area contributed by atoms with Gasteiger partial charge >= 0.3 is 0 Å². The molecule has 3 aromatic rings. The Morgan fingerprint density at radius 2 is 1.93 bits per heavy atom. The molecule has 6 nitrogen and oxygen atoms in total. The van der Waals surface area contributed by atoms with Gasteiger partial charge in [0.1, 0.15) is 0 Å². The van der Waals surface area contributed by atoms with Crippen molar-refractivity contribution in [3.8, 4) is 0 Å². The zero-order chi connectivity index (χ0) is 19.4. The molecule has 0 aliphatic heterocycles. The summed E-state index contributed by atoms with van der Waals surface area (Å²) in [5.41, 5.74) is 1.73. The molecule has 3 rings (SSSR count). The van der Waals surface area contributed by atoms with Gasteiger partial charge in [-0.15, -0.1) is 0 Å². The number of carbonyl (C=O) groups is 1. The van der Waals surface area contributed by atoms with E-state index in [2.05, 4.69) is 4.99 Å². The van der Waals surface area contributed by atoms with Crippen LogP contribution >= 0.6 is 11.3 Å². The first kappa shape index (κ1) is 19.5. The molecule has 0 saturated heterocycles. The molecule has 0 N–H and O–H groups in total. The topological polar surface area (TPSA) is 77.7 Å². The molecule has 1 heterocycles. The van der Waals surface area contributed by atoms with Crippen LogP contribution in [-0.2, 0) is 32.3 Å². The van der Waals surface area contributed by atoms with Crippen LogP contribution in [0.3, 0.4) is 0 Å². The smallest absolute Gasteiger partial charge is 0.252 e. The number of hydrogen-bond donors (Lipinski definition) is 0. The molecular weight excluding hydrogens is 384 g/mol. The third kappa shape index (κ3) is 4.71. The van der Waals surface area contributed by atoms with Crippen molar-refractivity contribution in [3.63, 3.8) is 0 Å². The average Bonchev–Trinajstić information content (AvgIpc) is 2.96. The van der Waals surface area contributed by atoms with Gasteiger partial charge in [0, 0.05) is 19.9 Å². The van der Waals surface area contributed by atoms with E-state index in [0.29, 0.717) is 18.0 Å². The van der Waals surface area contributed by atoms with Crippen molar-refractivity contribution in [2.24, 2.45) is 4.99 Å². The minimum atomic E-state index is -3.30. The zero-order valence-corrected chi connectivity index (χ0v) is 16.7. The fraction of sp³-hybridized carbons (Fsp3) is 0.263. The number of nitrogens with zero attached hydrogens (tertiary/aromatic N) is 2. The van der Waals surface area contributed by atoms with E-state index in [9.17, 15) is 13.2 Å². The average molecular weight is 405 g/mol. The van der Waals surface area contributed by atoms with E-state index in [4.69, 9.17) is 4.74 Å². The van der Waals surface area contributed by atoms with Crippen LogP contribution in [0.1, 0.15) is 5.56 Å². The quantitative estimate of drug-likeness (QED) is 0.632. The number of hydrogen-bond acceptors (Lipinski definition) is 5. The highest BCUT2D eigenvalue weighted by Crippen LogP contribution is 2.22. The van der Waals surface area contributed by atoms with Crippen LogP contribution in [0.4, 0.5) is 0 Å². The Kier molecular flexibility index (Phi) is 5.88. The molecule has 0 unspecified atom stereocenters. The number of benzene rings is 2. The first-order valence-corrected chi connectivity index (χ1v) is 11.0. The molecule has 27 heavy (non-hydrogen) atoms. The van der Waals surface area contributed by atoms with Crippen LogP contribution in [0.2, 0.25) is 0 Å². The molecule has 142 valence electrons. The maximum Gasteiger partial charge on any atom is 0.252 e. The second-order valence-electron chi connectivity index (χ2n) is 6.10. The molecule has 0 spiro atoms. The normalized spacial score (nSPS) is 12.6. The summed E-state index contributed by atoms with van der Waals surface area (Å²) in [6, 6.07) is 14.4. The Bertz CT molecular complexity index is 1130. The highest BCUT2D eigenvalue weighted by Gasteiger charge is 2.13. The van der Waals surface area contributed by atoms with Crippen molar-refractivity contribution in [2.45, 2.75) is 17.9 Å². The Balaban J connectivity index is 2.05. The van der Waals surface area contributed by atoms with Crippen LogP contribution in [-0.4, -0.2) is 38.9 Å². The zero-order valence-electron chi connectivity index (χ0n) is 15.1. The monoisotopic (exact) mass is 404 g/mol. The number of aromatic nitrogens is 1. The molecule has 0 aliphatic rings. The Hall–Kier alpha value is -2.29. The lowest BCUT2D eigenvalue weighted by molar-refractivity contribution is -0.117. The van der Waals surface area contributed by atoms with E-state index in [1.165, 1.54) is 17.6 Å². The minimum Gasteiger partial charge on any atom is -0.383 e. The molecule has 0 saturated carbocycles. The highest BCUT2D eigenvalue weighted by molar-refractivity contribution is 7.90. The van der Waals surface area contributed by atoms with Crippen molar-refractivity contribution >= 4 is 37.3 Å². The first-order chi connectivity index (χ1) is 12.9. The molecular formula is C19H20N2O4S2. The fourth-order valence-electron chi connectivity index (χ4n) is 2.68. The van der Waals surface area contributed by atoms with Gasteiger partial charge in [-0.3, -0.25) is 4.79 Å². The van der Waals surface area contributed by atoms with E-state index in [1.54, 1.807) is 25.3 Å². The standard InChI is InChI=1S/C19H20N2O4S2/c1-25-11-10-21-16-9-8-15(27(2,23)24)13-17(16)26-19(21)20-18(22)12-14-6-4-3-5-7-14/h3-9,13H,10-12H2,1-2H3. The third-order valence-electron chi connectivity index (χ3n) is 4.02. The summed E-state index contributed by atoms with van der Waals surface area (Å²) >= 11 is 1.30. The van der Waals surface area contributed by atoms with Gasteiger partial charge < -0.3 is 9.30 Å². The van der Waals surface area contributed by atoms with E-state index in [-0.39, 0.29) is 17.2 Å². The molecule has 0 fully saturated rings. The van der Waals surface area contributed by atoms with E-state index < -0.39 is 9.84 Å². The lowest BCUT2D eigenvalue weighted by atomic mass is 10.1. The van der Waals surface area contributed by atoms with Crippen molar-refractivity contribution in [1.29, 1.82) is 0 Å². The highest BCUT2D eigenvalue weighted by atomic mass is 32.2. The van der Waals surface area contributed by atoms with Gasteiger partial charge in [-0.1, -0.05) is 41.7 Å². The van der Waals surface area contributed by atoms with Gasteiger partial charge in [0.25, 0.3) is 5.91 Å². The molecule has 0 radical (unpaired) electrons. The molecule has 0 atom stereocenters. The molecule has 0 bridgehead atoms. The van der Waals surface area contributed by atoms with Crippen LogP contribution in [0.15, 0.2) is 58.4 Å². The summed E-state index contributed by atoms with van der Waals surface area (Å²) < 4.78 is 31.5. The number of sulfone groups is 1. The van der Waals surface area contributed by atoms with E-state index in [1.807, 2.05) is 34.9 Å². The maximum absolute atomic E-state index is 12.4. The van der Waals surface area contributed by atoms with Crippen LogP contribution in [0.25, 0.3) is 10.2 Å². The SMILES string of the molecule is COCCn1c(=NC(=O)Cc2ccccc2)sc2cc(S(C)(=O)=O)ccc21. The predicted molar refractivity (Wildman–Crippen MR) is 106 cm³/mol. The molecule has 2 aromatic carbocycles. The van der Waals surface area contributed by atoms with Crippen molar-refractivity contribution < 1.29 is 17.9 Å². The number of rotatable bonds is 6. The second kappa shape index (κ2) is 8.16. The van der Waals surface area contributed by atoms with Crippen LogP contribution in [0.5, 0.6) is 0 Å². The van der Waals surface area contributed by atoms with Gasteiger partial charge in [-0.25, -0.2) is 8.42 Å². The number of carbonyl (C=O) groups excluding carboxylic acids is 1. The van der Waals surface area contributed by atoms with E-state index in [0.717, 1.165) is 15.8 Å². The number of thiazole rings is 1. The van der Waals surface area contributed by atoms with Gasteiger partial charge in [0.15, 0.2) is 14.6 Å². The Morgan fingerprint density at radius 3 is 2.59 bits per heavy atom. The molecule has 8 heteroatoms. The van der Waals surface area contributed by atoms with Gasteiger partial charge in [0.2, 0.25) is 0 Å². The largest absolute Gasteiger partial charge is 0.383 e. The molecule has 1 aromatic heterocycles. The summed E-state index contributed by atoms with van der Waals surface area (Å²) in [7, 11) is -1.70. The summed E-state index contributed by atoms with van der Waals surface area (Å²) in [6.45, 7) is 0.978. The van der Waals surface area contributed by atoms with E-state index >= 15 is 0 Å². The molecule has 1 amide bonds. The van der Waals surface area contributed by atoms with Crippen molar-refractivity contribution in [1.82, 2.24) is 4.57 Å². The van der Waals surface area contributed by atoms with Crippen LogP contribution in [0, 0.1) is 0 Å². The third-order valence-corrected chi connectivity index (χ3v) is 6.17. The first-order valence-electron chi connectivity index (χ1n) is 8.32.